The van der Waals surface area contributed by atoms with Crippen LogP contribution in [0.3, 0.4) is 0 Å². The number of nitrogens with zero attached hydrogens (tertiary/aromatic N) is 2. The van der Waals surface area contributed by atoms with Crippen LogP contribution in [-0.2, 0) is 20.0 Å². The van der Waals surface area contributed by atoms with E-state index < -0.39 is 58.4 Å². The molecule has 2 aliphatic heterocycles. The van der Waals surface area contributed by atoms with Crippen LogP contribution in [0.5, 0.6) is 0 Å². The van der Waals surface area contributed by atoms with Crippen LogP contribution in [0.4, 0.5) is 17.6 Å². The summed E-state index contributed by atoms with van der Waals surface area (Å²) in [6.45, 7) is 1.80. The van der Waals surface area contributed by atoms with E-state index in [1.54, 1.807) is 6.92 Å². The molecule has 3 amide bonds. The summed E-state index contributed by atoms with van der Waals surface area (Å²) in [7, 11) is 0. The van der Waals surface area contributed by atoms with Crippen LogP contribution in [0.2, 0.25) is 10.0 Å². The van der Waals surface area contributed by atoms with Crippen LogP contribution in [-0.4, -0.2) is 47.1 Å². The summed E-state index contributed by atoms with van der Waals surface area (Å²) in [6.07, 6.45) is -5.87. The first-order valence-electron chi connectivity index (χ1n) is 10.6. The monoisotopic (exact) mass is 545 g/mol. The second-order valence-corrected chi connectivity index (χ2v) is 8.98. The van der Waals surface area contributed by atoms with Gasteiger partial charge in [-0.2, -0.15) is 13.2 Å². The van der Waals surface area contributed by atoms with Gasteiger partial charge in [-0.3, -0.25) is 19.3 Å². The Kier molecular flexibility index (Phi) is 6.74. The fourth-order valence-electron chi connectivity index (χ4n) is 4.05. The number of hydrogen-bond donors (Lipinski definition) is 1. The van der Waals surface area contributed by atoms with Crippen molar-refractivity contribution in [3.05, 3.63) is 69.0 Å². The number of likely N-dealkylation sites (N-methyl/N-ethyl adjacent to an activating group) is 1. The molecule has 1 saturated heterocycles. The molecule has 0 bridgehead atoms. The molecule has 1 fully saturated rings. The number of likely N-dealkylation sites (tertiary alicyclic amines) is 1. The maximum Gasteiger partial charge on any atom is 0.435 e. The summed E-state index contributed by atoms with van der Waals surface area (Å²) in [6, 6.07) is 5.34. The Morgan fingerprint density at radius 3 is 2.50 bits per heavy atom. The number of oxime groups is 1. The standard InChI is InChI=1S/C23H17Cl2F4N3O4/c1-2-32-19(33)9-17(21(32)35)30-20(34)13-5-3-11(7-14(13)24)18-10-22(36-31-18,23(27,28)29)12-4-6-16(26)15(25)8-12/h3-8,17H,2,9-10H2,1H3,(H,30,34)/t17-,22?/m1/s1. The third kappa shape index (κ3) is 4.41. The van der Waals surface area contributed by atoms with Crippen molar-refractivity contribution in [1.82, 2.24) is 10.2 Å². The summed E-state index contributed by atoms with van der Waals surface area (Å²) in [5.74, 6) is -2.57. The lowest BCUT2D eigenvalue weighted by Gasteiger charge is -2.29. The number of halogens is 6. The quantitative estimate of drug-likeness (QED) is 0.439. The van der Waals surface area contributed by atoms with Crippen molar-refractivity contribution >= 4 is 46.6 Å². The van der Waals surface area contributed by atoms with E-state index >= 15 is 0 Å². The van der Waals surface area contributed by atoms with Gasteiger partial charge in [0.25, 0.3) is 17.4 Å². The Morgan fingerprint density at radius 2 is 1.92 bits per heavy atom. The maximum absolute atomic E-state index is 14.1. The summed E-state index contributed by atoms with van der Waals surface area (Å²) in [5.41, 5.74) is -3.35. The maximum atomic E-state index is 14.1. The van der Waals surface area contributed by atoms with E-state index in [1.165, 1.54) is 18.2 Å². The Labute approximate surface area is 212 Å². The smallest absolute Gasteiger partial charge is 0.374 e. The van der Waals surface area contributed by atoms with Crippen molar-refractivity contribution in [3.63, 3.8) is 0 Å². The SMILES string of the molecule is CCN1C(=O)C[C@@H](NC(=O)c2ccc(C3=NOC(c4ccc(F)c(Cl)c4)(C(F)(F)F)C3)cc2Cl)C1=O. The third-order valence-corrected chi connectivity index (χ3v) is 6.59. The highest BCUT2D eigenvalue weighted by Gasteiger charge is 2.62. The molecule has 0 aliphatic carbocycles. The molecular formula is C23H17Cl2F4N3O4. The predicted molar refractivity (Wildman–Crippen MR) is 121 cm³/mol. The van der Waals surface area contributed by atoms with Crippen molar-refractivity contribution in [1.29, 1.82) is 0 Å². The highest BCUT2D eigenvalue weighted by molar-refractivity contribution is 6.34. The van der Waals surface area contributed by atoms with Crippen LogP contribution >= 0.6 is 23.2 Å². The highest BCUT2D eigenvalue weighted by atomic mass is 35.5. The topological polar surface area (TPSA) is 88.1 Å². The number of rotatable bonds is 5. The number of hydrogen-bond acceptors (Lipinski definition) is 5. The van der Waals surface area contributed by atoms with Crippen LogP contribution in [0.25, 0.3) is 0 Å². The first kappa shape index (κ1) is 25.9. The Bertz CT molecular complexity index is 1300. The first-order chi connectivity index (χ1) is 16.9. The average Bonchev–Trinajstić information content (AvgIpc) is 3.37. The molecule has 0 spiro atoms. The van der Waals surface area contributed by atoms with E-state index in [0.717, 1.165) is 23.1 Å². The van der Waals surface area contributed by atoms with Crippen molar-refractivity contribution in [2.24, 2.45) is 5.16 Å². The largest absolute Gasteiger partial charge is 0.435 e. The lowest BCUT2D eigenvalue weighted by molar-refractivity contribution is -0.275. The molecule has 2 atom stereocenters. The van der Waals surface area contributed by atoms with Crippen LogP contribution in [0.15, 0.2) is 41.6 Å². The van der Waals surface area contributed by atoms with Gasteiger partial charge in [0.15, 0.2) is 0 Å². The van der Waals surface area contributed by atoms with Gasteiger partial charge >= 0.3 is 6.18 Å². The number of imide groups is 1. The van der Waals surface area contributed by atoms with Crippen molar-refractivity contribution in [3.8, 4) is 0 Å². The van der Waals surface area contributed by atoms with Crippen molar-refractivity contribution in [2.45, 2.75) is 37.6 Å². The zero-order chi connectivity index (χ0) is 26.4. The van der Waals surface area contributed by atoms with Gasteiger partial charge in [-0.15, -0.1) is 0 Å². The highest BCUT2D eigenvalue weighted by Crippen LogP contribution is 2.49. The number of carbonyl (C=O) groups excluding carboxylic acids is 3. The molecule has 2 aromatic carbocycles. The van der Waals surface area contributed by atoms with E-state index in [2.05, 4.69) is 10.5 Å². The Morgan fingerprint density at radius 1 is 1.19 bits per heavy atom. The molecule has 1 N–H and O–H groups in total. The molecule has 4 rings (SSSR count). The summed E-state index contributed by atoms with van der Waals surface area (Å²) in [4.78, 5) is 42.7. The molecule has 7 nitrogen and oxygen atoms in total. The zero-order valence-corrected chi connectivity index (χ0v) is 20.0. The normalized spacial score (nSPS) is 22.0. The lowest BCUT2D eigenvalue weighted by atomic mass is 9.86. The molecule has 190 valence electrons. The molecule has 0 radical (unpaired) electrons. The minimum atomic E-state index is -4.93. The minimum Gasteiger partial charge on any atom is -0.374 e. The van der Waals surface area contributed by atoms with E-state index in [0.29, 0.717) is 0 Å². The summed E-state index contributed by atoms with van der Waals surface area (Å²) < 4.78 is 55.9. The summed E-state index contributed by atoms with van der Waals surface area (Å²) >= 11 is 11.9. The van der Waals surface area contributed by atoms with Gasteiger partial charge in [0.2, 0.25) is 5.91 Å². The molecule has 2 aliphatic rings. The van der Waals surface area contributed by atoms with Gasteiger partial charge in [-0.25, -0.2) is 4.39 Å². The molecular weight excluding hydrogens is 529 g/mol. The second kappa shape index (κ2) is 9.36. The fraction of sp³-hybridized carbons (Fsp3) is 0.304. The van der Waals surface area contributed by atoms with E-state index in [4.69, 9.17) is 28.0 Å². The van der Waals surface area contributed by atoms with Gasteiger partial charge in [0.1, 0.15) is 11.9 Å². The zero-order valence-electron chi connectivity index (χ0n) is 18.5. The van der Waals surface area contributed by atoms with Gasteiger partial charge in [0.05, 0.1) is 27.7 Å². The van der Waals surface area contributed by atoms with Crippen LogP contribution in [0, 0.1) is 5.82 Å². The number of nitrogens with one attached hydrogen (secondary N) is 1. The molecule has 2 heterocycles. The molecule has 13 heteroatoms. The number of carbonyl (C=O) groups is 3. The minimum absolute atomic E-state index is 0.0532. The van der Waals surface area contributed by atoms with Gasteiger partial charge in [-0.05, 0) is 31.2 Å². The molecule has 0 saturated carbocycles. The predicted octanol–water partition coefficient (Wildman–Crippen LogP) is 4.59. The molecule has 1 unspecified atom stereocenters. The number of amides is 3. The molecule has 0 aromatic heterocycles. The van der Waals surface area contributed by atoms with E-state index in [-0.39, 0.29) is 34.8 Å². The Balaban J connectivity index is 1.55. The van der Waals surface area contributed by atoms with Crippen LogP contribution < -0.4 is 5.32 Å². The third-order valence-electron chi connectivity index (χ3n) is 5.98. The number of benzene rings is 2. The first-order valence-corrected chi connectivity index (χ1v) is 11.4. The van der Waals surface area contributed by atoms with E-state index in [1.807, 2.05) is 0 Å². The summed E-state index contributed by atoms with van der Waals surface area (Å²) in [5, 5.41) is 5.43. The second-order valence-electron chi connectivity index (χ2n) is 8.16. The van der Waals surface area contributed by atoms with Crippen LogP contribution in [0.1, 0.15) is 41.3 Å². The average molecular weight is 546 g/mol. The number of alkyl halides is 3. The van der Waals surface area contributed by atoms with Gasteiger partial charge < -0.3 is 10.2 Å². The van der Waals surface area contributed by atoms with Gasteiger partial charge in [-0.1, -0.05) is 40.5 Å². The van der Waals surface area contributed by atoms with Crippen molar-refractivity contribution in [2.75, 3.05) is 6.54 Å². The molecule has 2 aromatic rings. The van der Waals surface area contributed by atoms with Crippen molar-refractivity contribution < 1.29 is 36.8 Å². The molecule has 36 heavy (non-hydrogen) atoms. The van der Waals surface area contributed by atoms with E-state index in [9.17, 15) is 31.9 Å². The van der Waals surface area contributed by atoms with Gasteiger partial charge in [0, 0.05) is 24.1 Å². The Hall–Kier alpha value is -3.18. The fourth-order valence-corrected chi connectivity index (χ4v) is 4.50. The lowest BCUT2D eigenvalue weighted by Crippen LogP contribution is -2.42.